The quantitative estimate of drug-likeness (QED) is 0.741. The van der Waals surface area contributed by atoms with Gasteiger partial charge in [0.1, 0.15) is 12.1 Å². The first-order chi connectivity index (χ1) is 13.4. The Balaban J connectivity index is 1.45. The van der Waals surface area contributed by atoms with E-state index in [-0.39, 0.29) is 11.9 Å². The third-order valence-electron chi connectivity index (χ3n) is 6.97. The molecule has 2 aliphatic carbocycles. The van der Waals surface area contributed by atoms with Crippen LogP contribution in [0.2, 0.25) is 0 Å². The van der Waals surface area contributed by atoms with Crippen LogP contribution in [0.3, 0.4) is 0 Å². The molecule has 1 atom stereocenters. The Hall–Kier alpha value is -1.88. The Labute approximate surface area is 168 Å². The van der Waals surface area contributed by atoms with Gasteiger partial charge in [0.25, 0.3) is 5.91 Å². The molecule has 0 bridgehead atoms. The second-order valence-corrected chi connectivity index (χ2v) is 9.59. The van der Waals surface area contributed by atoms with Gasteiger partial charge in [0, 0.05) is 18.4 Å². The normalized spacial score (nSPS) is 28.9. The fourth-order valence-electron chi connectivity index (χ4n) is 4.72. The zero-order valence-electron chi connectivity index (χ0n) is 17.5. The number of carbonyl (C=O) groups excluding carboxylic acids is 2. The number of hydrogen-bond donors (Lipinski definition) is 2. The minimum atomic E-state index is -0.628. The lowest BCUT2D eigenvalue weighted by Crippen LogP contribution is -3.13. The van der Waals surface area contributed by atoms with Crippen LogP contribution >= 0.6 is 0 Å². The highest BCUT2D eigenvalue weighted by Crippen LogP contribution is 2.36. The van der Waals surface area contributed by atoms with Crippen molar-refractivity contribution in [1.29, 1.82) is 0 Å². The third kappa shape index (κ3) is 3.82. The summed E-state index contributed by atoms with van der Waals surface area (Å²) in [6.45, 7) is 7.99. The van der Waals surface area contributed by atoms with Gasteiger partial charge in [0.2, 0.25) is 0 Å². The SMILES string of the molecule is CC1CCC2(CC1)NC(=O)N(C[NH+](Cc1ccc(C(C)C)cc1)C1CC1)C2=O. The molecular formula is C23H34N3O2+. The number of nitrogens with zero attached hydrogens (tertiary/aromatic N) is 1. The molecule has 1 unspecified atom stereocenters. The molecule has 3 fully saturated rings. The number of rotatable bonds is 6. The topological polar surface area (TPSA) is 53.9 Å². The first kappa shape index (κ1) is 19.4. The van der Waals surface area contributed by atoms with Crippen LogP contribution in [0.15, 0.2) is 24.3 Å². The van der Waals surface area contributed by atoms with Crippen LogP contribution in [0.1, 0.15) is 76.3 Å². The minimum Gasteiger partial charge on any atom is -0.323 e. The number of benzene rings is 1. The number of imide groups is 1. The Bertz CT molecular complexity index is 731. The van der Waals surface area contributed by atoms with Gasteiger partial charge in [-0.1, -0.05) is 45.0 Å². The fourth-order valence-corrected chi connectivity index (χ4v) is 4.72. The number of nitrogens with one attached hydrogen (secondary N) is 2. The predicted molar refractivity (Wildman–Crippen MR) is 109 cm³/mol. The van der Waals surface area contributed by atoms with Crippen LogP contribution in [0.25, 0.3) is 0 Å². The van der Waals surface area contributed by atoms with E-state index in [0.29, 0.717) is 24.5 Å². The zero-order valence-corrected chi connectivity index (χ0v) is 17.5. The average Bonchev–Trinajstić information content (AvgIpc) is 3.49. The molecule has 1 aliphatic heterocycles. The lowest BCUT2D eigenvalue weighted by molar-refractivity contribution is -0.931. The van der Waals surface area contributed by atoms with Crippen molar-refractivity contribution >= 4 is 11.9 Å². The van der Waals surface area contributed by atoms with E-state index in [1.807, 2.05) is 0 Å². The molecule has 1 aromatic carbocycles. The molecule has 2 N–H and O–H groups in total. The van der Waals surface area contributed by atoms with E-state index in [1.165, 1.54) is 33.8 Å². The van der Waals surface area contributed by atoms with Gasteiger partial charge in [0.15, 0.2) is 6.67 Å². The van der Waals surface area contributed by atoms with Crippen LogP contribution in [0.5, 0.6) is 0 Å². The van der Waals surface area contributed by atoms with Gasteiger partial charge >= 0.3 is 6.03 Å². The second-order valence-electron chi connectivity index (χ2n) is 9.59. The Kier molecular flexibility index (Phi) is 5.21. The molecule has 1 saturated heterocycles. The van der Waals surface area contributed by atoms with Crippen LogP contribution < -0.4 is 10.2 Å². The predicted octanol–water partition coefficient (Wildman–Crippen LogP) is 2.82. The molecule has 5 nitrogen and oxygen atoms in total. The minimum absolute atomic E-state index is 0.0118. The molecule has 0 aromatic heterocycles. The molecule has 2 saturated carbocycles. The smallest absolute Gasteiger partial charge is 0.323 e. The van der Waals surface area contributed by atoms with Crippen molar-refractivity contribution in [3.63, 3.8) is 0 Å². The van der Waals surface area contributed by atoms with Gasteiger partial charge in [-0.25, -0.2) is 9.69 Å². The largest absolute Gasteiger partial charge is 0.329 e. The summed E-state index contributed by atoms with van der Waals surface area (Å²) in [4.78, 5) is 28.7. The van der Waals surface area contributed by atoms with Crippen LogP contribution in [0.4, 0.5) is 4.79 Å². The van der Waals surface area contributed by atoms with Crippen LogP contribution in [-0.2, 0) is 11.3 Å². The van der Waals surface area contributed by atoms with Crippen molar-refractivity contribution < 1.29 is 14.5 Å². The number of carbonyl (C=O) groups is 2. The van der Waals surface area contributed by atoms with E-state index >= 15 is 0 Å². The van der Waals surface area contributed by atoms with Crippen molar-refractivity contribution in [2.24, 2.45) is 5.92 Å². The Morgan fingerprint density at radius 3 is 2.32 bits per heavy atom. The monoisotopic (exact) mass is 384 g/mol. The highest BCUT2D eigenvalue weighted by atomic mass is 16.2. The summed E-state index contributed by atoms with van der Waals surface area (Å²) in [6.07, 6.45) is 5.97. The van der Waals surface area contributed by atoms with Gasteiger partial charge < -0.3 is 10.2 Å². The summed E-state index contributed by atoms with van der Waals surface area (Å²) in [5.41, 5.74) is 2.00. The lowest BCUT2D eigenvalue weighted by Gasteiger charge is -2.33. The van der Waals surface area contributed by atoms with E-state index in [1.54, 1.807) is 0 Å². The van der Waals surface area contributed by atoms with Gasteiger partial charge in [-0.2, -0.15) is 0 Å². The summed E-state index contributed by atoms with van der Waals surface area (Å²) in [7, 11) is 0. The highest BCUT2D eigenvalue weighted by molar-refractivity contribution is 6.06. The molecule has 5 heteroatoms. The zero-order chi connectivity index (χ0) is 19.9. The summed E-state index contributed by atoms with van der Waals surface area (Å²) in [5.74, 6) is 1.19. The first-order valence-corrected chi connectivity index (χ1v) is 11.0. The molecule has 152 valence electrons. The summed E-state index contributed by atoms with van der Waals surface area (Å²) in [5, 5.41) is 3.06. The van der Waals surface area contributed by atoms with Crippen molar-refractivity contribution in [3.05, 3.63) is 35.4 Å². The van der Waals surface area contributed by atoms with Crippen molar-refractivity contribution in [2.75, 3.05) is 6.67 Å². The maximum atomic E-state index is 13.2. The molecule has 3 amide bonds. The van der Waals surface area contributed by atoms with Gasteiger partial charge in [-0.05, 0) is 43.1 Å². The summed E-state index contributed by atoms with van der Waals surface area (Å²) >= 11 is 0. The second kappa shape index (κ2) is 7.51. The molecule has 28 heavy (non-hydrogen) atoms. The standard InChI is InChI=1S/C23H33N3O2/c1-16(2)19-6-4-18(5-7-19)14-25(20-8-9-20)15-26-21(27)23(24-22(26)28)12-10-17(3)11-13-23/h4-7,16-17,20H,8-15H2,1-3H3,(H,24,28)/p+1. The molecule has 0 radical (unpaired) electrons. The van der Waals surface area contributed by atoms with Gasteiger partial charge in [0.05, 0.1) is 6.04 Å². The van der Waals surface area contributed by atoms with E-state index < -0.39 is 5.54 Å². The first-order valence-electron chi connectivity index (χ1n) is 11.0. The summed E-state index contributed by atoms with van der Waals surface area (Å²) < 4.78 is 0. The van der Waals surface area contributed by atoms with Crippen molar-refractivity contribution in [2.45, 2.75) is 83.3 Å². The van der Waals surface area contributed by atoms with Crippen molar-refractivity contribution in [1.82, 2.24) is 10.2 Å². The van der Waals surface area contributed by atoms with E-state index in [9.17, 15) is 9.59 Å². The van der Waals surface area contributed by atoms with Gasteiger partial charge in [-0.3, -0.25) is 4.79 Å². The molecule has 1 heterocycles. The van der Waals surface area contributed by atoms with E-state index in [0.717, 1.165) is 32.2 Å². The van der Waals surface area contributed by atoms with Crippen LogP contribution in [0, 0.1) is 5.92 Å². The van der Waals surface area contributed by atoms with E-state index in [4.69, 9.17) is 0 Å². The molecule has 3 aliphatic rings. The van der Waals surface area contributed by atoms with Crippen LogP contribution in [-0.4, -0.2) is 35.1 Å². The fraction of sp³-hybridized carbons (Fsp3) is 0.652. The molecular weight excluding hydrogens is 350 g/mol. The van der Waals surface area contributed by atoms with Gasteiger partial charge in [-0.15, -0.1) is 0 Å². The lowest BCUT2D eigenvalue weighted by atomic mass is 9.77. The number of amides is 3. The Morgan fingerprint density at radius 1 is 1.11 bits per heavy atom. The van der Waals surface area contributed by atoms with Crippen molar-refractivity contribution in [3.8, 4) is 0 Å². The maximum Gasteiger partial charge on any atom is 0.329 e. The van der Waals surface area contributed by atoms with E-state index in [2.05, 4.69) is 50.4 Å². The Morgan fingerprint density at radius 2 is 1.75 bits per heavy atom. The maximum absolute atomic E-state index is 13.2. The number of quaternary nitrogens is 1. The molecule has 1 spiro atoms. The highest BCUT2D eigenvalue weighted by Gasteiger charge is 2.53. The molecule has 4 rings (SSSR count). The number of urea groups is 1. The molecule has 1 aromatic rings. The third-order valence-corrected chi connectivity index (χ3v) is 6.97. The summed E-state index contributed by atoms with van der Waals surface area (Å²) in [6, 6.07) is 9.19. The number of hydrogen-bond acceptors (Lipinski definition) is 2. The average molecular weight is 385 g/mol.